The molecule has 2 aromatic carbocycles. The van der Waals surface area contributed by atoms with Crippen molar-refractivity contribution in [2.75, 3.05) is 12.8 Å². The first-order chi connectivity index (χ1) is 9.91. The third-order valence-electron chi connectivity index (χ3n) is 3.52. The Balaban J connectivity index is 2.31. The molecule has 3 N–H and O–H groups in total. The highest BCUT2D eigenvalue weighted by Crippen LogP contribution is 2.26. The fourth-order valence-electron chi connectivity index (χ4n) is 2.12. The van der Waals surface area contributed by atoms with E-state index in [9.17, 15) is 14.3 Å². The van der Waals surface area contributed by atoms with Crippen molar-refractivity contribution in [3.8, 4) is 5.75 Å². The van der Waals surface area contributed by atoms with Crippen molar-refractivity contribution in [2.24, 2.45) is 0 Å². The summed E-state index contributed by atoms with van der Waals surface area (Å²) in [6.07, 6.45) is 0. The van der Waals surface area contributed by atoms with Crippen molar-refractivity contribution >= 4 is 11.6 Å². The zero-order valence-electron chi connectivity index (χ0n) is 11.9. The minimum absolute atomic E-state index is 0.0421. The van der Waals surface area contributed by atoms with Gasteiger partial charge in [0.05, 0.1) is 11.6 Å². The zero-order chi connectivity index (χ0) is 15.6. The summed E-state index contributed by atoms with van der Waals surface area (Å²) in [6.45, 7) is 1.73. The molecule has 1 unspecified atom stereocenters. The van der Waals surface area contributed by atoms with Crippen molar-refractivity contribution in [1.82, 2.24) is 4.90 Å². The Bertz CT molecular complexity index is 673. The van der Waals surface area contributed by atoms with Gasteiger partial charge in [-0.25, -0.2) is 4.39 Å². The quantitative estimate of drug-likeness (QED) is 0.674. The fraction of sp³-hybridized carbons (Fsp3) is 0.188. The van der Waals surface area contributed by atoms with Gasteiger partial charge in [0.1, 0.15) is 11.6 Å². The first-order valence-electron chi connectivity index (χ1n) is 6.52. The van der Waals surface area contributed by atoms with Crippen LogP contribution in [-0.4, -0.2) is 23.0 Å². The summed E-state index contributed by atoms with van der Waals surface area (Å²) < 4.78 is 13.8. The number of nitrogens with zero attached hydrogens (tertiary/aromatic N) is 1. The normalized spacial score (nSPS) is 12.0. The van der Waals surface area contributed by atoms with Gasteiger partial charge in [0, 0.05) is 18.3 Å². The third-order valence-corrected chi connectivity index (χ3v) is 3.52. The second-order valence-electron chi connectivity index (χ2n) is 4.89. The third kappa shape index (κ3) is 2.97. The SMILES string of the molecule is CC(c1ccccc1F)N(C)C(=O)c1cc(O)ccc1N. The van der Waals surface area contributed by atoms with E-state index in [0.717, 1.165) is 0 Å². The summed E-state index contributed by atoms with van der Waals surface area (Å²) in [7, 11) is 1.57. The van der Waals surface area contributed by atoms with Crippen molar-refractivity contribution in [1.29, 1.82) is 0 Å². The maximum Gasteiger partial charge on any atom is 0.256 e. The Morgan fingerprint density at radius 2 is 1.95 bits per heavy atom. The lowest BCUT2D eigenvalue weighted by atomic mass is 10.0. The van der Waals surface area contributed by atoms with E-state index in [1.807, 2.05) is 0 Å². The summed E-state index contributed by atoms with van der Waals surface area (Å²) in [5.74, 6) is -0.785. The van der Waals surface area contributed by atoms with Crippen molar-refractivity contribution < 1.29 is 14.3 Å². The molecular weight excluding hydrogens is 271 g/mol. The largest absolute Gasteiger partial charge is 0.508 e. The van der Waals surface area contributed by atoms with Crippen LogP contribution >= 0.6 is 0 Å². The van der Waals surface area contributed by atoms with Crippen LogP contribution in [0, 0.1) is 5.82 Å². The summed E-state index contributed by atoms with van der Waals surface area (Å²) in [5.41, 5.74) is 6.65. The minimum Gasteiger partial charge on any atom is -0.508 e. The second kappa shape index (κ2) is 5.83. The van der Waals surface area contributed by atoms with E-state index in [4.69, 9.17) is 5.73 Å². The Labute approximate surface area is 122 Å². The van der Waals surface area contributed by atoms with Crippen LogP contribution in [0.3, 0.4) is 0 Å². The molecule has 0 spiro atoms. The number of rotatable bonds is 3. The molecule has 0 aliphatic rings. The maximum absolute atomic E-state index is 13.8. The molecule has 0 aromatic heterocycles. The molecule has 21 heavy (non-hydrogen) atoms. The summed E-state index contributed by atoms with van der Waals surface area (Å²) in [5, 5.41) is 9.48. The number of carbonyl (C=O) groups is 1. The molecule has 1 atom stereocenters. The molecule has 0 aliphatic heterocycles. The number of aromatic hydroxyl groups is 1. The summed E-state index contributed by atoms with van der Waals surface area (Å²) in [4.78, 5) is 13.8. The first kappa shape index (κ1) is 14.8. The van der Waals surface area contributed by atoms with Gasteiger partial charge in [0.15, 0.2) is 0 Å². The van der Waals surface area contributed by atoms with Gasteiger partial charge >= 0.3 is 0 Å². The topological polar surface area (TPSA) is 66.6 Å². The number of nitrogen functional groups attached to an aromatic ring is 1. The standard InChI is InChI=1S/C16H17FN2O2/c1-10(12-5-3-4-6-14(12)17)19(2)16(21)13-9-11(20)7-8-15(13)18/h3-10,20H,18H2,1-2H3. The van der Waals surface area contributed by atoms with Crippen molar-refractivity contribution in [2.45, 2.75) is 13.0 Å². The number of carbonyl (C=O) groups excluding carboxylic acids is 1. The molecule has 1 amide bonds. The molecule has 0 aliphatic carbocycles. The van der Waals surface area contributed by atoms with Gasteiger partial charge in [-0.2, -0.15) is 0 Å². The van der Waals surface area contributed by atoms with Gasteiger partial charge in [-0.15, -0.1) is 0 Å². The molecule has 0 radical (unpaired) electrons. The number of halogens is 1. The molecule has 5 heteroatoms. The van der Waals surface area contributed by atoms with Crippen molar-refractivity contribution in [3.05, 3.63) is 59.4 Å². The van der Waals surface area contributed by atoms with E-state index < -0.39 is 6.04 Å². The van der Waals surface area contributed by atoms with Gasteiger partial charge in [-0.3, -0.25) is 4.79 Å². The molecule has 2 aromatic rings. The molecule has 0 heterocycles. The number of nitrogens with two attached hydrogens (primary N) is 1. The van der Waals surface area contributed by atoms with E-state index in [-0.39, 0.29) is 28.7 Å². The summed E-state index contributed by atoms with van der Waals surface area (Å²) in [6, 6.07) is 10.0. The molecule has 0 bridgehead atoms. The number of amides is 1. The molecule has 0 saturated carbocycles. The molecule has 2 rings (SSSR count). The number of benzene rings is 2. The number of anilines is 1. The van der Waals surface area contributed by atoms with Crippen molar-refractivity contribution in [3.63, 3.8) is 0 Å². The number of hydrogen-bond donors (Lipinski definition) is 2. The highest BCUT2D eigenvalue weighted by Gasteiger charge is 2.22. The van der Waals surface area contributed by atoms with Crippen LogP contribution in [0.4, 0.5) is 10.1 Å². The maximum atomic E-state index is 13.8. The monoisotopic (exact) mass is 288 g/mol. The number of phenols is 1. The van der Waals surface area contributed by atoms with Crippen LogP contribution in [0.1, 0.15) is 28.9 Å². The average molecular weight is 288 g/mol. The van der Waals surface area contributed by atoms with Gasteiger partial charge in [-0.1, -0.05) is 18.2 Å². The second-order valence-corrected chi connectivity index (χ2v) is 4.89. The highest BCUT2D eigenvalue weighted by atomic mass is 19.1. The Morgan fingerprint density at radius 3 is 2.62 bits per heavy atom. The molecule has 110 valence electrons. The predicted octanol–water partition coefficient (Wildman–Crippen LogP) is 2.95. The van der Waals surface area contributed by atoms with E-state index in [1.165, 1.54) is 29.2 Å². The number of phenolic OH excluding ortho intramolecular Hbond substituents is 1. The van der Waals surface area contributed by atoms with Crippen LogP contribution in [0.5, 0.6) is 5.75 Å². The zero-order valence-corrected chi connectivity index (χ0v) is 11.9. The molecule has 4 nitrogen and oxygen atoms in total. The minimum atomic E-state index is -0.458. The van der Waals surface area contributed by atoms with Gasteiger partial charge < -0.3 is 15.7 Å². The Hall–Kier alpha value is -2.56. The fourth-order valence-corrected chi connectivity index (χ4v) is 2.12. The lowest BCUT2D eigenvalue weighted by Gasteiger charge is -2.26. The van der Waals surface area contributed by atoms with Crippen LogP contribution in [-0.2, 0) is 0 Å². The van der Waals surface area contributed by atoms with Gasteiger partial charge in [-0.05, 0) is 31.2 Å². The van der Waals surface area contributed by atoms with E-state index in [1.54, 1.807) is 32.2 Å². The lowest BCUT2D eigenvalue weighted by Crippen LogP contribution is -2.30. The molecule has 0 fully saturated rings. The van der Waals surface area contributed by atoms with E-state index >= 15 is 0 Å². The first-order valence-corrected chi connectivity index (χ1v) is 6.52. The van der Waals surface area contributed by atoms with Gasteiger partial charge in [0.25, 0.3) is 5.91 Å². The van der Waals surface area contributed by atoms with Crippen LogP contribution in [0.15, 0.2) is 42.5 Å². The average Bonchev–Trinajstić information content (AvgIpc) is 2.48. The Kier molecular flexibility index (Phi) is 4.12. The predicted molar refractivity (Wildman–Crippen MR) is 79.4 cm³/mol. The van der Waals surface area contributed by atoms with Crippen LogP contribution < -0.4 is 5.73 Å². The van der Waals surface area contributed by atoms with E-state index in [2.05, 4.69) is 0 Å². The van der Waals surface area contributed by atoms with E-state index in [0.29, 0.717) is 5.56 Å². The smallest absolute Gasteiger partial charge is 0.256 e. The lowest BCUT2D eigenvalue weighted by molar-refractivity contribution is 0.0741. The molecule has 0 saturated heterocycles. The number of hydrogen-bond acceptors (Lipinski definition) is 3. The molecular formula is C16H17FN2O2. The highest BCUT2D eigenvalue weighted by molar-refractivity contribution is 5.99. The summed E-state index contributed by atoms with van der Waals surface area (Å²) >= 11 is 0. The van der Waals surface area contributed by atoms with Gasteiger partial charge in [0.2, 0.25) is 0 Å². The Morgan fingerprint density at radius 1 is 1.29 bits per heavy atom. The van der Waals surface area contributed by atoms with Crippen LogP contribution in [0.2, 0.25) is 0 Å². The van der Waals surface area contributed by atoms with Crippen LogP contribution in [0.25, 0.3) is 0 Å².